The smallest absolute Gasteiger partial charge is 0.0830 e. The van der Waals surface area contributed by atoms with Gasteiger partial charge in [-0.1, -0.05) is 19.9 Å². The van der Waals surface area contributed by atoms with E-state index in [0.29, 0.717) is 5.92 Å². The molecule has 0 saturated carbocycles. The molecule has 0 aromatic carbocycles. The number of fused-ring (bicyclic) bond motifs is 1. The maximum absolute atomic E-state index is 6.54. The first kappa shape index (κ1) is 13.5. The molecule has 2 rings (SSSR count). The van der Waals surface area contributed by atoms with Crippen molar-refractivity contribution in [3.63, 3.8) is 0 Å². The van der Waals surface area contributed by atoms with Crippen molar-refractivity contribution in [3.05, 3.63) is 29.6 Å². The van der Waals surface area contributed by atoms with E-state index in [9.17, 15) is 0 Å². The molecule has 1 aromatic rings. The fourth-order valence-electron chi connectivity index (χ4n) is 3.31. The quantitative estimate of drug-likeness (QED) is 0.871. The summed E-state index contributed by atoms with van der Waals surface area (Å²) in [6.45, 7) is 4.31. The van der Waals surface area contributed by atoms with Crippen molar-refractivity contribution in [1.82, 2.24) is 4.98 Å². The molecule has 0 amide bonds. The maximum atomic E-state index is 6.54. The van der Waals surface area contributed by atoms with Crippen LogP contribution in [0.5, 0.6) is 0 Å². The Bertz CT molecular complexity index is 393. The predicted molar refractivity (Wildman–Crippen MR) is 73.6 cm³/mol. The molecule has 1 aromatic heterocycles. The largest absolute Gasteiger partial charge is 0.377 e. The maximum Gasteiger partial charge on any atom is 0.0830 e. The van der Waals surface area contributed by atoms with Gasteiger partial charge in [0, 0.05) is 31.0 Å². The van der Waals surface area contributed by atoms with Crippen LogP contribution in [0.15, 0.2) is 18.3 Å². The SMILES string of the molecule is CCC(CC)(OC)C(N)C1CCc2cccnc21. The Morgan fingerprint density at radius 1 is 1.50 bits per heavy atom. The summed E-state index contributed by atoms with van der Waals surface area (Å²) in [4.78, 5) is 4.54. The average molecular weight is 248 g/mol. The third-order valence-corrected chi connectivity index (χ3v) is 4.65. The number of methoxy groups -OCH3 is 1. The molecule has 18 heavy (non-hydrogen) atoms. The minimum absolute atomic E-state index is 0.0219. The Morgan fingerprint density at radius 2 is 2.22 bits per heavy atom. The van der Waals surface area contributed by atoms with Gasteiger partial charge >= 0.3 is 0 Å². The summed E-state index contributed by atoms with van der Waals surface area (Å²) < 4.78 is 5.77. The van der Waals surface area contributed by atoms with Gasteiger partial charge in [-0.25, -0.2) is 0 Å². The number of hydrogen-bond acceptors (Lipinski definition) is 3. The number of aryl methyl sites for hydroxylation is 1. The molecule has 2 N–H and O–H groups in total. The van der Waals surface area contributed by atoms with Crippen LogP contribution in [0.3, 0.4) is 0 Å². The average Bonchev–Trinajstić information content (AvgIpc) is 2.85. The number of rotatable bonds is 5. The van der Waals surface area contributed by atoms with Crippen LogP contribution in [0.1, 0.15) is 50.3 Å². The topological polar surface area (TPSA) is 48.1 Å². The molecule has 1 aliphatic rings. The standard InChI is InChI=1S/C15H24N2O/c1-4-15(5-2,18-3)14(16)12-9-8-11-7-6-10-17-13(11)12/h6-7,10,12,14H,4-5,8-9,16H2,1-3H3. The normalized spacial score (nSPS) is 20.8. The molecule has 0 bridgehead atoms. The summed E-state index contributed by atoms with van der Waals surface area (Å²) in [5, 5.41) is 0. The molecule has 0 aliphatic heterocycles. The Kier molecular flexibility index (Phi) is 4.03. The van der Waals surface area contributed by atoms with Crippen LogP contribution in [0.4, 0.5) is 0 Å². The highest BCUT2D eigenvalue weighted by atomic mass is 16.5. The van der Waals surface area contributed by atoms with Crippen LogP contribution in [0, 0.1) is 0 Å². The van der Waals surface area contributed by atoms with E-state index in [0.717, 1.165) is 25.7 Å². The molecule has 0 spiro atoms. The Hall–Kier alpha value is -0.930. The second-order valence-corrected chi connectivity index (χ2v) is 5.19. The van der Waals surface area contributed by atoms with Crippen molar-refractivity contribution in [3.8, 4) is 0 Å². The summed E-state index contributed by atoms with van der Waals surface area (Å²) in [7, 11) is 1.78. The number of nitrogens with two attached hydrogens (primary N) is 1. The fraction of sp³-hybridized carbons (Fsp3) is 0.667. The Morgan fingerprint density at radius 3 is 2.83 bits per heavy atom. The van der Waals surface area contributed by atoms with Gasteiger partial charge < -0.3 is 10.5 Å². The Balaban J connectivity index is 2.28. The lowest BCUT2D eigenvalue weighted by Crippen LogP contribution is -2.51. The molecule has 100 valence electrons. The zero-order chi connectivity index (χ0) is 13.2. The lowest BCUT2D eigenvalue weighted by atomic mass is 9.80. The molecular weight excluding hydrogens is 224 g/mol. The van der Waals surface area contributed by atoms with Crippen molar-refractivity contribution in [2.24, 2.45) is 5.73 Å². The summed E-state index contributed by atoms with van der Waals surface area (Å²) in [5.74, 6) is 0.334. The monoisotopic (exact) mass is 248 g/mol. The molecule has 0 fully saturated rings. The molecule has 1 aliphatic carbocycles. The zero-order valence-corrected chi connectivity index (χ0v) is 11.6. The third-order valence-electron chi connectivity index (χ3n) is 4.65. The van der Waals surface area contributed by atoms with Crippen molar-refractivity contribution < 1.29 is 4.74 Å². The third kappa shape index (κ3) is 2.06. The minimum atomic E-state index is -0.218. The van der Waals surface area contributed by atoms with Gasteiger partial charge in [-0.15, -0.1) is 0 Å². The molecule has 0 radical (unpaired) electrons. The first-order valence-electron chi connectivity index (χ1n) is 6.93. The highest BCUT2D eigenvalue weighted by Gasteiger charge is 2.41. The first-order valence-corrected chi connectivity index (χ1v) is 6.93. The van der Waals surface area contributed by atoms with Crippen molar-refractivity contribution in [2.75, 3.05) is 7.11 Å². The highest BCUT2D eigenvalue weighted by Crippen LogP contribution is 2.39. The molecule has 2 unspecified atom stereocenters. The first-order chi connectivity index (χ1) is 8.68. The summed E-state index contributed by atoms with van der Waals surface area (Å²) in [6.07, 6.45) is 5.95. The van der Waals surface area contributed by atoms with Crippen LogP contribution in [-0.4, -0.2) is 23.7 Å². The summed E-state index contributed by atoms with van der Waals surface area (Å²) >= 11 is 0. The van der Waals surface area contributed by atoms with Gasteiger partial charge in [0.15, 0.2) is 0 Å². The van der Waals surface area contributed by atoms with Crippen LogP contribution in [-0.2, 0) is 11.2 Å². The minimum Gasteiger partial charge on any atom is -0.377 e. The zero-order valence-electron chi connectivity index (χ0n) is 11.6. The van der Waals surface area contributed by atoms with Gasteiger partial charge in [0.2, 0.25) is 0 Å². The predicted octanol–water partition coefficient (Wildman–Crippen LogP) is 2.64. The van der Waals surface area contributed by atoms with E-state index < -0.39 is 0 Å². The van der Waals surface area contributed by atoms with Gasteiger partial charge in [0.1, 0.15) is 0 Å². The van der Waals surface area contributed by atoms with Crippen LogP contribution in [0.2, 0.25) is 0 Å². The van der Waals surface area contributed by atoms with Gasteiger partial charge in [0.05, 0.1) is 5.60 Å². The van der Waals surface area contributed by atoms with Crippen molar-refractivity contribution in [2.45, 2.75) is 57.1 Å². The molecule has 1 heterocycles. The lowest BCUT2D eigenvalue weighted by Gasteiger charge is -2.39. The summed E-state index contributed by atoms with van der Waals surface area (Å²) in [5.41, 5.74) is 8.87. The van der Waals surface area contributed by atoms with E-state index in [-0.39, 0.29) is 11.6 Å². The van der Waals surface area contributed by atoms with E-state index in [4.69, 9.17) is 10.5 Å². The molecule has 3 heteroatoms. The number of ether oxygens (including phenoxy) is 1. The van der Waals surface area contributed by atoms with E-state index >= 15 is 0 Å². The Labute approximate surface area is 110 Å². The molecule has 3 nitrogen and oxygen atoms in total. The van der Waals surface area contributed by atoms with Gasteiger partial charge in [-0.05, 0) is 37.3 Å². The molecule has 2 atom stereocenters. The second kappa shape index (κ2) is 5.37. The van der Waals surface area contributed by atoms with Crippen LogP contribution >= 0.6 is 0 Å². The van der Waals surface area contributed by atoms with Crippen LogP contribution in [0.25, 0.3) is 0 Å². The van der Waals surface area contributed by atoms with E-state index in [1.165, 1.54) is 11.3 Å². The molecular formula is C15H24N2O. The van der Waals surface area contributed by atoms with Gasteiger partial charge in [-0.3, -0.25) is 4.98 Å². The van der Waals surface area contributed by atoms with Crippen LogP contribution < -0.4 is 5.73 Å². The molecule has 0 saturated heterocycles. The number of nitrogens with zero attached hydrogens (tertiary/aromatic N) is 1. The number of pyridine rings is 1. The van der Waals surface area contributed by atoms with Crippen molar-refractivity contribution in [1.29, 1.82) is 0 Å². The van der Waals surface area contributed by atoms with E-state index in [1.54, 1.807) is 7.11 Å². The second-order valence-electron chi connectivity index (χ2n) is 5.19. The lowest BCUT2D eigenvalue weighted by molar-refractivity contribution is -0.0442. The summed E-state index contributed by atoms with van der Waals surface area (Å²) in [6, 6.07) is 4.20. The van der Waals surface area contributed by atoms with Crippen molar-refractivity contribution >= 4 is 0 Å². The van der Waals surface area contributed by atoms with E-state index in [1.807, 2.05) is 12.3 Å². The highest BCUT2D eigenvalue weighted by molar-refractivity contribution is 5.30. The van der Waals surface area contributed by atoms with Gasteiger partial charge in [-0.2, -0.15) is 0 Å². The van der Waals surface area contributed by atoms with Gasteiger partial charge in [0.25, 0.3) is 0 Å². The van der Waals surface area contributed by atoms with E-state index in [2.05, 4.69) is 24.9 Å². The number of hydrogen-bond donors (Lipinski definition) is 1. The fourth-order valence-corrected chi connectivity index (χ4v) is 3.31. The number of aromatic nitrogens is 1.